The van der Waals surface area contributed by atoms with Crippen LogP contribution in [0.25, 0.3) is 0 Å². The molecule has 1 aromatic carbocycles. The van der Waals surface area contributed by atoms with Gasteiger partial charge in [0.05, 0.1) is 24.9 Å². The second kappa shape index (κ2) is 24.8. The van der Waals surface area contributed by atoms with Gasteiger partial charge in [0.1, 0.15) is 19.0 Å². The summed E-state index contributed by atoms with van der Waals surface area (Å²) in [7, 11) is 1.48. The molecule has 0 saturated carbocycles. The van der Waals surface area contributed by atoms with E-state index in [4.69, 9.17) is 14.2 Å². The van der Waals surface area contributed by atoms with Crippen molar-refractivity contribution in [2.24, 2.45) is 0 Å². The lowest BCUT2D eigenvalue weighted by Crippen LogP contribution is -2.40. The van der Waals surface area contributed by atoms with E-state index in [-0.39, 0.29) is 35.3 Å². The van der Waals surface area contributed by atoms with E-state index in [0.717, 1.165) is 24.2 Å². The van der Waals surface area contributed by atoms with Crippen molar-refractivity contribution >= 4 is 29.9 Å². The fourth-order valence-electron chi connectivity index (χ4n) is 5.93. The Labute approximate surface area is 298 Å². The number of para-hydroxylation sites is 1. The van der Waals surface area contributed by atoms with E-state index < -0.39 is 12.0 Å². The predicted molar refractivity (Wildman–Crippen MR) is 197 cm³/mol. The van der Waals surface area contributed by atoms with Crippen LogP contribution in [0.3, 0.4) is 0 Å². The molecule has 2 unspecified atom stereocenters. The average Bonchev–Trinajstić information content (AvgIpc) is 3.11. The van der Waals surface area contributed by atoms with E-state index in [1.54, 1.807) is 60.4 Å². The summed E-state index contributed by atoms with van der Waals surface area (Å²) in [6.07, 6.45) is 22.4. The van der Waals surface area contributed by atoms with Crippen molar-refractivity contribution in [2.75, 3.05) is 26.9 Å². The molecule has 1 aliphatic heterocycles. The number of unbranched alkanes of at least 4 members (excludes halogenated alkanes) is 15. The molecule has 1 saturated heterocycles. The molecule has 1 aromatic heterocycles. The highest BCUT2D eigenvalue weighted by Gasteiger charge is 2.34. The molecule has 1 aliphatic rings. The van der Waals surface area contributed by atoms with E-state index in [2.05, 4.69) is 17.2 Å². The van der Waals surface area contributed by atoms with Crippen LogP contribution in [0.15, 0.2) is 48.7 Å². The van der Waals surface area contributed by atoms with Crippen LogP contribution in [-0.4, -0.2) is 65.3 Å². The van der Waals surface area contributed by atoms with Gasteiger partial charge in [-0.05, 0) is 37.1 Å². The van der Waals surface area contributed by atoms with Crippen LogP contribution >= 0.6 is 11.8 Å². The van der Waals surface area contributed by atoms with Gasteiger partial charge in [-0.15, -0.1) is 11.8 Å². The fourth-order valence-corrected chi connectivity index (χ4v) is 7.10. The van der Waals surface area contributed by atoms with Crippen molar-refractivity contribution in [3.05, 3.63) is 59.9 Å². The summed E-state index contributed by atoms with van der Waals surface area (Å²) in [6, 6.07) is 12.1. The highest BCUT2D eigenvalue weighted by molar-refractivity contribution is 8.01. The number of alkyl carbamates (subject to hydrolysis) is 1. The van der Waals surface area contributed by atoms with Crippen molar-refractivity contribution in [1.82, 2.24) is 15.2 Å². The Balaban J connectivity index is 1.19. The number of aromatic nitrogens is 1. The Morgan fingerprint density at radius 2 is 1.33 bits per heavy atom. The number of hydrogen-bond acceptors (Lipinski definition) is 8. The summed E-state index contributed by atoms with van der Waals surface area (Å²) in [5.74, 6) is -0.149. The molecule has 2 heterocycles. The first-order valence-corrected chi connectivity index (χ1v) is 19.5. The predicted octanol–water partition coefficient (Wildman–Crippen LogP) is 9.73. The molecular weight excluding hydrogens is 639 g/mol. The number of nitrogens with zero attached hydrogens (tertiary/aromatic N) is 2. The van der Waals surface area contributed by atoms with E-state index in [1.165, 1.54) is 97.0 Å². The number of carbonyl (C=O) groups is 3. The fraction of sp³-hybridized carbons (Fsp3) is 0.641. The molecule has 49 heavy (non-hydrogen) atoms. The Kier molecular flexibility index (Phi) is 20.3. The second-order valence-electron chi connectivity index (χ2n) is 12.9. The minimum atomic E-state index is -0.740. The maximum Gasteiger partial charge on any atom is 0.417 e. The SMILES string of the molecule is CCCCCCCCCCCCCCCCCCNC(=O)OCC1CC(COC(=O)N(Cc2ccccn2)C(=O)c2ccccc2OC)S1. The van der Waals surface area contributed by atoms with E-state index in [9.17, 15) is 14.4 Å². The molecule has 1 fully saturated rings. The van der Waals surface area contributed by atoms with Crippen molar-refractivity contribution in [1.29, 1.82) is 0 Å². The number of benzene rings is 1. The number of amides is 3. The van der Waals surface area contributed by atoms with Crippen LogP contribution in [0.5, 0.6) is 5.75 Å². The van der Waals surface area contributed by atoms with E-state index in [0.29, 0.717) is 24.6 Å². The Bertz CT molecular complexity index is 1210. The van der Waals surface area contributed by atoms with Crippen LogP contribution in [0.2, 0.25) is 0 Å². The number of thioether (sulfide) groups is 1. The molecule has 1 N–H and O–H groups in total. The summed E-state index contributed by atoms with van der Waals surface area (Å²) in [5.41, 5.74) is 0.826. The highest BCUT2D eigenvalue weighted by atomic mass is 32.2. The first-order valence-electron chi connectivity index (χ1n) is 18.6. The summed E-state index contributed by atoms with van der Waals surface area (Å²) in [4.78, 5) is 44.0. The van der Waals surface area contributed by atoms with Gasteiger partial charge in [0.25, 0.3) is 5.91 Å². The number of pyridine rings is 1. The van der Waals surface area contributed by atoms with Gasteiger partial charge in [0.15, 0.2) is 0 Å². The molecule has 2 aromatic rings. The molecular formula is C39H59N3O6S. The molecule has 2 atom stereocenters. The zero-order valence-electron chi connectivity index (χ0n) is 29.9. The molecule has 0 aliphatic carbocycles. The monoisotopic (exact) mass is 697 g/mol. The minimum Gasteiger partial charge on any atom is -0.496 e. The maximum atomic E-state index is 13.4. The number of hydrogen-bond donors (Lipinski definition) is 1. The van der Waals surface area contributed by atoms with Gasteiger partial charge in [-0.3, -0.25) is 9.78 Å². The van der Waals surface area contributed by atoms with Gasteiger partial charge in [0.2, 0.25) is 0 Å². The number of nitrogens with one attached hydrogen (secondary N) is 1. The molecule has 0 spiro atoms. The largest absolute Gasteiger partial charge is 0.496 e. The summed E-state index contributed by atoms with van der Waals surface area (Å²) in [6.45, 7) is 3.35. The minimum absolute atomic E-state index is 0.0284. The van der Waals surface area contributed by atoms with Gasteiger partial charge in [-0.2, -0.15) is 0 Å². The zero-order chi connectivity index (χ0) is 34.9. The van der Waals surface area contributed by atoms with Gasteiger partial charge < -0.3 is 19.5 Å². The van der Waals surface area contributed by atoms with E-state index >= 15 is 0 Å². The second-order valence-corrected chi connectivity index (χ2v) is 14.5. The molecule has 3 amide bonds. The van der Waals surface area contributed by atoms with Crippen molar-refractivity contribution in [3.63, 3.8) is 0 Å². The Morgan fingerprint density at radius 3 is 1.90 bits per heavy atom. The first-order chi connectivity index (χ1) is 24.0. The molecule has 9 nitrogen and oxygen atoms in total. The van der Waals surface area contributed by atoms with Crippen molar-refractivity contribution in [3.8, 4) is 5.75 Å². The number of methoxy groups -OCH3 is 1. The normalized spacial score (nSPS) is 15.2. The number of rotatable bonds is 25. The lowest BCUT2D eigenvalue weighted by atomic mass is 10.0. The Hall–Kier alpha value is -3.27. The number of carbonyl (C=O) groups excluding carboxylic acids is 3. The zero-order valence-corrected chi connectivity index (χ0v) is 30.7. The lowest BCUT2D eigenvalue weighted by molar-refractivity contribution is 0.0635. The number of imide groups is 1. The number of ether oxygens (including phenoxy) is 3. The highest BCUT2D eigenvalue weighted by Crippen LogP contribution is 2.37. The molecule has 0 bridgehead atoms. The third-order valence-electron chi connectivity index (χ3n) is 8.85. The van der Waals surface area contributed by atoms with Gasteiger partial charge in [0, 0.05) is 23.2 Å². The van der Waals surface area contributed by atoms with Crippen LogP contribution in [0, 0.1) is 0 Å². The third-order valence-corrected chi connectivity index (χ3v) is 10.3. The molecule has 272 valence electrons. The van der Waals surface area contributed by atoms with Crippen molar-refractivity contribution < 1.29 is 28.6 Å². The van der Waals surface area contributed by atoms with Gasteiger partial charge >= 0.3 is 12.2 Å². The third kappa shape index (κ3) is 16.3. The molecule has 3 rings (SSSR count). The topological polar surface area (TPSA) is 107 Å². The standard InChI is InChI=1S/C39H59N3O6S/c1-3-4-5-6-7-8-9-10-11-12-13-14-15-16-17-21-27-41-38(44)47-30-33-28-34(49-33)31-48-39(45)42(29-32-23-20-22-26-40-32)37(43)35-24-18-19-25-36(35)46-2/h18-20,22-26,33-34H,3-17,21,27-31H2,1-2H3,(H,41,44). The smallest absolute Gasteiger partial charge is 0.417 e. The van der Waals surface area contributed by atoms with Crippen molar-refractivity contribution in [2.45, 2.75) is 133 Å². The van der Waals surface area contributed by atoms with Gasteiger partial charge in [-0.1, -0.05) is 121 Å². The average molecular weight is 698 g/mol. The maximum absolute atomic E-state index is 13.4. The van der Waals surface area contributed by atoms with Crippen LogP contribution in [-0.2, 0) is 16.0 Å². The summed E-state index contributed by atoms with van der Waals surface area (Å²) < 4.78 is 16.3. The van der Waals surface area contributed by atoms with Crippen LogP contribution in [0.1, 0.15) is 132 Å². The van der Waals surface area contributed by atoms with Crippen LogP contribution in [0.4, 0.5) is 9.59 Å². The summed E-state index contributed by atoms with van der Waals surface area (Å²) >= 11 is 1.62. The quantitative estimate of drug-likeness (QED) is 0.102. The summed E-state index contributed by atoms with van der Waals surface area (Å²) in [5, 5.41) is 3.09. The van der Waals surface area contributed by atoms with E-state index in [1.807, 2.05) is 0 Å². The van der Waals surface area contributed by atoms with Gasteiger partial charge in [-0.25, -0.2) is 14.5 Å². The Morgan fingerprint density at radius 1 is 0.776 bits per heavy atom. The van der Waals surface area contributed by atoms with Crippen LogP contribution < -0.4 is 10.1 Å². The molecule has 10 heteroatoms. The lowest BCUT2D eigenvalue weighted by Gasteiger charge is -2.34. The first kappa shape index (κ1) is 40.2. The molecule has 0 radical (unpaired) electrons.